The zero-order valence-electron chi connectivity index (χ0n) is 16.6. The summed E-state index contributed by atoms with van der Waals surface area (Å²) in [7, 11) is 1.55. The summed E-state index contributed by atoms with van der Waals surface area (Å²) in [5.41, 5.74) is 2.84. The standard InChI is InChI=1S/C21H20N6O3/c1-14-6-3-4-7-15(14)11-27-20-19(24-25-27)21(29)26(13-22-20)12-18(28)23-16-8-5-9-17(10-16)30-2/h3-10,13H,11-12H2,1-2H3,(H,23,28). The topological polar surface area (TPSA) is 104 Å². The molecule has 0 saturated carbocycles. The molecule has 9 heteroatoms. The number of aromatic nitrogens is 5. The molecule has 1 amide bonds. The van der Waals surface area contributed by atoms with Crippen LogP contribution in [-0.4, -0.2) is 37.6 Å². The van der Waals surface area contributed by atoms with E-state index in [1.165, 1.54) is 10.9 Å². The van der Waals surface area contributed by atoms with Gasteiger partial charge in [-0.3, -0.25) is 14.2 Å². The minimum atomic E-state index is -0.420. The summed E-state index contributed by atoms with van der Waals surface area (Å²) < 4.78 is 7.94. The number of benzene rings is 2. The zero-order valence-corrected chi connectivity index (χ0v) is 16.6. The van der Waals surface area contributed by atoms with E-state index in [1.54, 1.807) is 36.1 Å². The van der Waals surface area contributed by atoms with E-state index in [9.17, 15) is 9.59 Å². The van der Waals surface area contributed by atoms with Crippen LogP contribution in [0.2, 0.25) is 0 Å². The van der Waals surface area contributed by atoms with Crippen LogP contribution in [-0.2, 0) is 17.9 Å². The zero-order chi connectivity index (χ0) is 21.1. The summed E-state index contributed by atoms with van der Waals surface area (Å²) in [4.78, 5) is 29.4. The van der Waals surface area contributed by atoms with Gasteiger partial charge in [0.25, 0.3) is 5.56 Å². The second-order valence-corrected chi connectivity index (χ2v) is 6.80. The van der Waals surface area contributed by atoms with E-state index in [0.717, 1.165) is 11.1 Å². The number of fused-ring (bicyclic) bond motifs is 1. The summed E-state index contributed by atoms with van der Waals surface area (Å²) in [6, 6.07) is 14.9. The number of hydrogen-bond acceptors (Lipinski definition) is 6. The number of carbonyl (C=O) groups excluding carboxylic acids is 1. The molecule has 4 rings (SSSR count). The van der Waals surface area contributed by atoms with E-state index in [1.807, 2.05) is 31.2 Å². The highest BCUT2D eigenvalue weighted by molar-refractivity contribution is 5.90. The van der Waals surface area contributed by atoms with Gasteiger partial charge in [-0.1, -0.05) is 35.5 Å². The smallest absolute Gasteiger partial charge is 0.283 e. The van der Waals surface area contributed by atoms with Crippen LogP contribution in [0.4, 0.5) is 5.69 Å². The number of anilines is 1. The quantitative estimate of drug-likeness (QED) is 0.527. The molecule has 2 heterocycles. The minimum absolute atomic E-state index is 0.125. The minimum Gasteiger partial charge on any atom is -0.497 e. The fraction of sp³-hybridized carbons (Fsp3) is 0.190. The van der Waals surface area contributed by atoms with Crippen LogP contribution in [0.5, 0.6) is 5.75 Å². The first-order valence-electron chi connectivity index (χ1n) is 9.32. The van der Waals surface area contributed by atoms with Crippen molar-refractivity contribution in [2.75, 3.05) is 12.4 Å². The van der Waals surface area contributed by atoms with E-state index in [2.05, 4.69) is 20.6 Å². The number of amides is 1. The summed E-state index contributed by atoms with van der Waals surface area (Å²) >= 11 is 0. The fourth-order valence-electron chi connectivity index (χ4n) is 3.11. The molecule has 0 fully saturated rings. The highest BCUT2D eigenvalue weighted by Crippen LogP contribution is 2.16. The molecule has 30 heavy (non-hydrogen) atoms. The first-order valence-corrected chi connectivity index (χ1v) is 9.32. The summed E-state index contributed by atoms with van der Waals surface area (Å²) in [5.74, 6) is 0.261. The Hall–Kier alpha value is -4.01. The van der Waals surface area contributed by atoms with Crippen LogP contribution in [0.1, 0.15) is 11.1 Å². The third kappa shape index (κ3) is 3.90. The van der Waals surface area contributed by atoms with Crippen molar-refractivity contribution in [3.05, 3.63) is 76.3 Å². The number of methoxy groups -OCH3 is 1. The Morgan fingerprint density at radius 3 is 2.80 bits per heavy atom. The van der Waals surface area contributed by atoms with Crippen LogP contribution >= 0.6 is 0 Å². The molecule has 0 spiro atoms. The van der Waals surface area contributed by atoms with Gasteiger partial charge in [0.1, 0.15) is 18.6 Å². The molecule has 0 bridgehead atoms. The van der Waals surface area contributed by atoms with Crippen molar-refractivity contribution in [2.24, 2.45) is 0 Å². The first-order chi connectivity index (χ1) is 14.5. The largest absolute Gasteiger partial charge is 0.497 e. The Labute approximate surface area is 171 Å². The van der Waals surface area contributed by atoms with Crippen molar-refractivity contribution in [3.63, 3.8) is 0 Å². The van der Waals surface area contributed by atoms with E-state index in [-0.39, 0.29) is 18.0 Å². The Balaban J connectivity index is 1.54. The predicted octanol–water partition coefficient (Wildman–Crippen LogP) is 1.99. The van der Waals surface area contributed by atoms with Crippen LogP contribution in [0.3, 0.4) is 0 Å². The molecule has 2 aromatic heterocycles. The number of nitrogens with zero attached hydrogens (tertiary/aromatic N) is 5. The van der Waals surface area contributed by atoms with Crippen LogP contribution in [0.25, 0.3) is 11.2 Å². The first kappa shape index (κ1) is 19.3. The lowest BCUT2D eigenvalue weighted by Gasteiger charge is -2.08. The molecule has 0 atom stereocenters. The molecular formula is C21H20N6O3. The number of nitrogens with one attached hydrogen (secondary N) is 1. The number of ether oxygens (including phenoxy) is 1. The van der Waals surface area contributed by atoms with Gasteiger partial charge in [-0.2, -0.15) is 0 Å². The monoisotopic (exact) mass is 404 g/mol. The van der Waals surface area contributed by atoms with Crippen LogP contribution < -0.4 is 15.6 Å². The van der Waals surface area contributed by atoms with Crippen molar-refractivity contribution in [1.29, 1.82) is 0 Å². The average molecular weight is 404 g/mol. The van der Waals surface area contributed by atoms with E-state index in [4.69, 9.17) is 4.74 Å². The number of rotatable bonds is 6. The molecule has 1 N–H and O–H groups in total. The lowest BCUT2D eigenvalue weighted by Crippen LogP contribution is -2.28. The van der Waals surface area contributed by atoms with Gasteiger partial charge < -0.3 is 10.1 Å². The SMILES string of the molecule is COc1cccc(NC(=O)Cn2cnc3c(nnn3Cc3ccccc3C)c2=O)c1. The maximum atomic E-state index is 12.8. The normalized spacial score (nSPS) is 10.9. The Morgan fingerprint density at radius 2 is 2.00 bits per heavy atom. The lowest BCUT2D eigenvalue weighted by molar-refractivity contribution is -0.116. The lowest BCUT2D eigenvalue weighted by atomic mass is 10.1. The molecule has 0 unspecified atom stereocenters. The van der Waals surface area contributed by atoms with E-state index in [0.29, 0.717) is 23.6 Å². The Morgan fingerprint density at radius 1 is 1.17 bits per heavy atom. The van der Waals surface area contributed by atoms with Crippen molar-refractivity contribution in [1.82, 2.24) is 24.5 Å². The van der Waals surface area contributed by atoms with Gasteiger partial charge in [0.2, 0.25) is 5.91 Å². The summed E-state index contributed by atoms with van der Waals surface area (Å²) in [6.45, 7) is 2.27. The highest BCUT2D eigenvalue weighted by Gasteiger charge is 2.14. The highest BCUT2D eigenvalue weighted by atomic mass is 16.5. The third-order valence-electron chi connectivity index (χ3n) is 4.74. The van der Waals surface area contributed by atoms with Crippen LogP contribution in [0, 0.1) is 6.92 Å². The van der Waals surface area contributed by atoms with Gasteiger partial charge in [-0.25, -0.2) is 9.67 Å². The maximum Gasteiger partial charge on any atom is 0.283 e. The maximum absolute atomic E-state index is 12.8. The Kier molecular flexibility index (Phi) is 5.25. The van der Waals surface area contributed by atoms with Gasteiger partial charge in [-0.05, 0) is 30.2 Å². The van der Waals surface area contributed by atoms with Crippen molar-refractivity contribution < 1.29 is 9.53 Å². The third-order valence-corrected chi connectivity index (χ3v) is 4.74. The molecule has 0 radical (unpaired) electrons. The predicted molar refractivity (Wildman–Crippen MR) is 111 cm³/mol. The van der Waals surface area contributed by atoms with Gasteiger partial charge in [0.15, 0.2) is 11.2 Å². The number of aryl methyl sites for hydroxylation is 1. The van der Waals surface area contributed by atoms with Gasteiger partial charge >= 0.3 is 0 Å². The average Bonchev–Trinajstić information content (AvgIpc) is 3.15. The Bertz CT molecular complexity index is 1280. The van der Waals surface area contributed by atoms with Crippen molar-refractivity contribution in [3.8, 4) is 5.75 Å². The van der Waals surface area contributed by atoms with Gasteiger partial charge in [0.05, 0.1) is 13.7 Å². The van der Waals surface area contributed by atoms with E-state index >= 15 is 0 Å². The van der Waals surface area contributed by atoms with Gasteiger partial charge in [0, 0.05) is 11.8 Å². The molecular weight excluding hydrogens is 384 g/mol. The van der Waals surface area contributed by atoms with Crippen LogP contribution in [0.15, 0.2) is 59.7 Å². The van der Waals surface area contributed by atoms with Crippen molar-refractivity contribution in [2.45, 2.75) is 20.0 Å². The fourth-order valence-corrected chi connectivity index (χ4v) is 3.11. The molecule has 4 aromatic rings. The molecule has 0 saturated heterocycles. The molecule has 0 aliphatic heterocycles. The van der Waals surface area contributed by atoms with Crippen molar-refractivity contribution >= 4 is 22.8 Å². The molecule has 0 aliphatic rings. The van der Waals surface area contributed by atoms with E-state index < -0.39 is 5.56 Å². The molecule has 152 valence electrons. The molecule has 0 aliphatic carbocycles. The number of hydrogen-bond donors (Lipinski definition) is 1. The van der Waals surface area contributed by atoms with Gasteiger partial charge in [-0.15, -0.1) is 5.10 Å². The second kappa shape index (κ2) is 8.16. The molecule has 2 aromatic carbocycles. The summed E-state index contributed by atoms with van der Waals surface area (Å²) in [5, 5.41) is 10.8. The second-order valence-electron chi connectivity index (χ2n) is 6.80. The number of carbonyl (C=O) groups is 1. The summed E-state index contributed by atoms with van der Waals surface area (Å²) in [6.07, 6.45) is 1.34. The molecule has 9 nitrogen and oxygen atoms in total.